The third kappa shape index (κ3) is 3.58. The molecule has 5 heteroatoms. The van der Waals surface area contributed by atoms with Gasteiger partial charge >= 0.3 is 0 Å². The van der Waals surface area contributed by atoms with Gasteiger partial charge in [0, 0.05) is 42.0 Å². The monoisotopic (exact) mass is 320 g/mol. The van der Waals surface area contributed by atoms with Gasteiger partial charge in [-0.05, 0) is 43.7 Å². The Morgan fingerprint density at radius 3 is 2.71 bits per heavy atom. The number of nitrogens with zero attached hydrogens (tertiary/aromatic N) is 3. The Labute approximate surface area is 141 Å². The van der Waals surface area contributed by atoms with Crippen molar-refractivity contribution in [2.24, 2.45) is 0 Å². The average Bonchev–Trinajstić information content (AvgIpc) is 2.60. The summed E-state index contributed by atoms with van der Waals surface area (Å²) >= 11 is 0. The third-order valence-corrected chi connectivity index (χ3v) is 3.81. The highest BCUT2D eigenvalue weighted by Crippen LogP contribution is 2.24. The summed E-state index contributed by atoms with van der Waals surface area (Å²) in [5.74, 6) is 1.47. The molecule has 0 unspecified atom stereocenters. The first kappa shape index (κ1) is 16.1. The minimum atomic E-state index is 0.582. The highest BCUT2D eigenvalue weighted by molar-refractivity contribution is 5.64. The molecule has 24 heavy (non-hydrogen) atoms. The first-order chi connectivity index (χ1) is 11.7. The number of ether oxygens (including phenoxy) is 1. The van der Waals surface area contributed by atoms with Gasteiger partial charge < -0.3 is 10.1 Å². The Balaban J connectivity index is 1.96. The van der Waals surface area contributed by atoms with Crippen LogP contribution in [0.4, 0.5) is 11.5 Å². The zero-order valence-electron chi connectivity index (χ0n) is 14.1. The van der Waals surface area contributed by atoms with Crippen molar-refractivity contribution < 1.29 is 4.74 Å². The maximum Gasteiger partial charge on any atom is 0.163 e. The van der Waals surface area contributed by atoms with Crippen LogP contribution in [0, 0.1) is 13.8 Å². The zero-order valence-corrected chi connectivity index (χ0v) is 14.1. The predicted molar refractivity (Wildman–Crippen MR) is 95.2 cm³/mol. The van der Waals surface area contributed by atoms with E-state index in [9.17, 15) is 0 Å². The smallest absolute Gasteiger partial charge is 0.163 e. The van der Waals surface area contributed by atoms with Gasteiger partial charge in [0.1, 0.15) is 5.82 Å². The van der Waals surface area contributed by atoms with E-state index in [1.165, 1.54) is 0 Å². The van der Waals surface area contributed by atoms with E-state index in [1.807, 2.05) is 44.2 Å². The first-order valence-corrected chi connectivity index (χ1v) is 7.78. The molecule has 3 aromatic rings. The summed E-state index contributed by atoms with van der Waals surface area (Å²) in [6, 6.07) is 12.0. The number of anilines is 2. The van der Waals surface area contributed by atoms with Crippen molar-refractivity contribution >= 4 is 11.5 Å². The van der Waals surface area contributed by atoms with Crippen LogP contribution in [0.5, 0.6) is 0 Å². The Morgan fingerprint density at radius 1 is 1.08 bits per heavy atom. The molecule has 2 heterocycles. The fourth-order valence-electron chi connectivity index (χ4n) is 2.42. The number of rotatable bonds is 5. The van der Waals surface area contributed by atoms with Crippen molar-refractivity contribution in [3.8, 4) is 11.4 Å². The van der Waals surface area contributed by atoms with Crippen molar-refractivity contribution in [1.82, 2.24) is 15.0 Å². The number of hydrogen-bond donors (Lipinski definition) is 1. The molecule has 0 aliphatic carbocycles. The van der Waals surface area contributed by atoms with Gasteiger partial charge in [-0.15, -0.1) is 0 Å². The highest BCUT2D eigenvalue weighted by Gasteiger charge is 2.10. The van der Waals surface area contributed by atoms with E-state index in [0.717, 1.165) is 33.9 Å². The van der Waals surface area contributed by atoms with E-state index in [1.54, 1.807) is 19.5 Å². The van der Waals surface area contributed by atoms with Gasteiger partial charge in [0.05, 0.1) is 6.61 Å². The van der Waals surface area contributed by atoms with Crippen molar-refractivity contribution in [3.63, 3.8) is 0 Å². The van der Waals surface area contributed by atoms with Crippen LogP contribution in [0.15, 0.2) is 48.8 Å². The molecule has 0 spiro atoms. The molecule has 0 saturated heterocycles. The molecule has 0 radical (unpaired) electrons. The van der Waals surface area contributed by atoms with E-state index in [4.69, 9.17) is 4.74 Å². The average molecular weight is 320 g/mol. The summed E-state index contributed by atoms with van der Waals surface area (Å²) in [6.07, 6.45) is 3.51. The van der Waals surface area contributed by atoms with Crippen LogP contribution in [0.25, 0.3) is 11.4 Å². The molecular formula is C19H20N4O. The second-order valence-electron chi connectivity index (χ2n) is 5.61. The number of benzene rings is 1. The molecule has 5 nitrogen and oxygen atoms in total. The molecule has 1 N–H and O–H groups in total. The van der Waals surface area contributed by atoms with Crippen LogP contribution < -0.4 is 5.32 Å². The predicted octanol–water partition coefficient (Wildman–Crippen LogP) is 4.05. The molecule has 0 amide bonds. The normalized spacial score (nSPS) is 10.6. The molecule has 1 aromatic carbocycles. The van der Waals surface area contributed by atoms with Crippen molar-refractivity contribution in [2.45, 2.75) is 20.5 Å². The van der Waals surface area contributed by atoms with Gasteiger partial charge in [0.2, 0.25) is 0 Å². The highest BCUT2D eigenvalue weighted by atomic mass is 16.5. The number of nitrogens with one attached hydrogen (secondary N) is 1. The van der Waals surface area contributed by atoms with Crippen molar-refractivity contribution in [3.05, 3.63) is 65.6 Å². The number of hydrogen-bond acceptors (Lipinski definition) is 5. The fourth-order valence-corrected chi connectivity index (χ4v) is 2.42. The molecule has 0 fully saturated rings. The van der Waals surface area contributed by atoms with Gasteiger partial charge in [-0.25, -0.2) is 9.97 Å². The molecule has 0 saturated carbocycles. The van der Waals surface area contributed by atoms with Gasteiger partial charge in [0.25, 0.3) is 0 Å². The molecule has 3 rings (SSSR count). The number of pyridine rings is 1. The van der Waals surface area contributed by atoms with Crippen LogP contribution in [0.1, 0.15) is 16.8 Å². The quantitative estimate of drug-likeness (QED) is 0.768. The van der Waals surface area contributed by atoms with Gasteiger partial charge in [-0.1, -0.05) is 12.1 Å². The molecule has 0 atom stereocenters. The summed E-state index contributed by atoms with van der Waals surface area (Å²) in [4.78, 5) is 13.4. The van der Waals surface area contributed by atoms with E-state index >= 15 is 0 Å². The molecule has 0 aliphatic heterocycles. The van der Waals surface area contributed by atoms with Crippen molar-refractivity contribution in [2.75, 3.05) is 12.4 Å². The lowest BCUT2D eigenvalue weighted by Gasteiger charge is -2.13. The number of methoxy groups -OCH3 is 1. The first-order valence-electron chi connectivity index (χ1n) is 7.78. The topological polar surface area (TPSA) is 59.9 Å². The Morgan fingerprint density at radius 2 is 1.96 bits per heavy atom. The summed E-state index contributed by atoms with van der Waals surface area (Å²) in [6.45, 7) is 4.59. The molecule has 2 aromatic heterocycles. The standard InChI is InChI=1S/C19H20N4O/c1-13-14(2)21-19(16-7-5-9-20-11-16)23-18(13)22-17-8-4-6-15(10-17)12-24-3/h4-11H,12H2,1-3H3,(H,21,22,23). The minimum Gasteiger partial charge on any atom is -0.380 e. The van der Waals surface area contributed by atoms with Gasteiger partial charge in [-0.3, -0.25) is 4.98 Å². The van der Waals surface area contributed by atoms with Crippen LogP contribution in [-0.4, -0.2) is 22.1 Å². The molecule has 122 valence electrons. The van der Waals surface area contributed by atoms with Crippen molar-refractivity contribution in [1.29, 1.82) is 0 Å². The largest absolute Gasteiger partial charge is 0.380 e. The molecular weight excluding hydrogens is 300 g/mol. The van der Waals surface area contributed by atoms with Crippen LogP contribution in [0.2, 0.25) is 0 Å². The van der Waals surface area contributed by atoms with Gasteiger partial charge in [-0.2, -0.15) is 0 Å². The van der Waals surface area contributed by atoms with Crippen LogP contribution >= 0.6 is 0 Å². The van der Waals surface area contributed by atoms with E-state index in [2.05, 4.69) is 26.3 Å². The lowest BCUT2D eigenvalue weighted by molar-refractivity contribution is 0.185. The molecule has 0 bridgehead atoms. The van der Waals surface area contributed by atoms with E-state index in [-0.39, 0.29) is 0 Å². The fraction of sp³-hybridized carbons (Fsp3) is 0.211. The lowest BCUT2D eigenvalue weighted by atomic mass is 10.2. The molecule has 0 aliphatic rings. The number of aromatic nitrogens is 3. The lowest BCUT2D eigenvalue weighted by Crippen LogP contribution is -2.03. The van der Waals surface area contributed by atoms with E-state index < -0.39 is 0 Å². The zero-order chi connectivity index (χ0) is 16.9. The summed E-state index contributed by atoms with van der Waals surface area (Å²) in [5.41, 5.74) is 4.96. The summed E-state index contributed by atoms with van der Waals surface area (Å²) < 4.78 is 5.19. The summed E-state index contributed by atoms with van der Waals surface area (Å²) in [5, 5.41) is 3.39. The van der Waals surface area contributed by atoms with E-state index in [0.29, 0.717) is 12.4 Å². The second-order valence-corrected chi connectivity index (χ2v) is 5.61. The Kier molecular flexibility index (Phi) is 4.82. The van der Waals surface area contributed by atoms with Crippen LogP contribution in [0.3, 0.4) is 0 Å². The Hall–Kier alpha value is -2.79. The number of aryl methyl sites for hydroxylation is 1. The van der Waals surface area contributed by atoms with Crippen LogP contribution in [-0.2, 0) is 11.3 Å². The maximum absolute atomic E-state index is 5.19. The summed E-state index contributed by atoms with van der Waals surface area (Å²) in [7, 11) is 1.69. The SMILES string of the molecule is COCc1cccc(Nc2nc(-c3cccnc3)nc(C)c2C)c1. The minimum absolute atomic E-state index is 0.582. The van der Waals surface area contributed by atoms with Gasteiger partial charge in [0.15, 0.2) is 5.82 Å². The Bertz CT molecular complexity index is 834. The second kappa shape index (κ2) is 7.19. The maximum atomic E-state index is 5.19. The third-order valence-electron chi connectivity index (χ3n) is 3.81.